The Hall–Kier alpha value is -2.14. The molecule has 2 N–H and O–H groups in total. The van der Waals surface area contributed by atoms with Crippen LogP contribution in [0.3, 0.4) is 0 Å². The molecule has 2 aromatic carbocycles. The fourth-order valence-corrected chi connectivity index (χ4v) is 3.21. The van der Waals surface area contributed by atoms with Gasteiger partial charge in [0, 0.05) is 17.1 Å². The monoisotopic (exact) mass is 330 g/mol. The molecule has 122 valence electrons. The topological polar surface area (TPSA) is 58.2 Å². The third kappa shape index (κ3) is 5.87. The highest BCUT2D eigenvalue weighted by atomic mass is 32.2. The summed E-state index contributed by atoms with van der Waals surface area (Å²) in [6.07, 6.45) is 2.00. The number of benzene rings is 2. The molecule has 0 aromatic heterocycles. The van der Waals surface area contributed by atoms with Crippen LogP contribution < -0.4 is 10.6 Å². The van der Waals surface area contributed by atoms with Crippen molar-refractivity contribution in [1.29, 1.82) is 0 Å². The molecule has 0 saturated carbocycles. The molecule has 2 amide bonds. The second-order valence-electron chi connectivity index (χ2n) is 5.24. The third-order valence-electron chi connectivity index (χ3n) is 3.30. The van der Waals surface area contributed by atoms with Crippen LogP contribution >= 0.6 is 0 Å². The minimum Gasteiger partial charge on any atom is -0.338 e. The van der Waals surface area contributed by atoms with Crippen LogP contribution in [0.2, 0.25) is 0 Å². The summed E-state index contributed by atoms with van der Waals surface area (Å²) in [7, 11) is -1.09. The van der Waals surface area contributed by atoms with Crippen LogP contribution in [-0.4, -0.2) is 16.8 Å². The van der Waals surface area contributed by atoms with Gasteiger partial charge in [0.25, 0.3) is 0 Å². The molecular formula is C18H22N2O2S. The fourth-order valence-electron chi connectivity index (χ4n) is 2.10. The molecule has 2 rings (SSSR count). The number of carbonyl (C=O) groups is 1. The van der Waals surface area contributed by atoms with E-state index in [0.717, 1.165) is 23.3 Å². The van der Waals surface area contributed by atoms with Gasteiger partial charge in [-0.1, -0.05) is 43.7 Å². The van der Waals surface area contributed by atoms with E-state index in [4.69, 9.17) is 0 Å². The molecule has 1 atom stereocenters. The van der Waals surface area contributed by atoms with Gasteiger partial charge in [0.1, 0.15) is 0 Å². The van der Waals surface area contributed by atoms with Crippen LogP contribution in [-0.2, 0) is 16.6 Å². The maximum Gasteiger partial charge on any atom is 0.319 e. The number of unbranched alkanes of at least 4 members (excludes halogenated alkanes) is 1. The van der Waals surface area contributed by atoms with E-state index < -0.39 is 10.8 Å². The first-order chi connectivity index (χ1) is 11.2. The summed E-state index contributed by atoms with van der Waals surface area (Å²) in [5.41, 5.74) is 1.64. The van der Waals surface area contributed by atoms with Crippen LogP contribution in [0.25, 0.3) is 0 Å². The van der Waals surface area contributed by atoms with Gasteiger partial charge in [-0.2, -0.15) is 0 Å². The Bertz CT molecular complexity index is 659. The average molecular weight is 330 g/mol. The van der Waals surface area contributed by atoms with Crippen molar-refractivity contribution in [1.82, 2.24) is 5.32 Å². The van der Waals surface area contributed by atoms with Gasteiger partial charge in [-0.3, -0.25) is 4.21 Å². The van der Waals surface area contributed by atoms with Crippen molar-refractivity contribution in [3.05, 3.63) is 60.2 Å². The quantitative estimate of drug-likeness (QED) is 0.756. The van der Waals surface area contributed by atoms with E-state index in [-0.39, 0.29) is 6.03 Å². The summed E-state index contributed by atoms with van der Waals surface area (Å²) >= 11 is 0. The molecule has 2 aromatic rings. The summed E-state index contributed by atoms with van der Waals surface area (Å²) in [6.45, 7) is 2.75. The van der Waals surface area contributed by atoms with Gasteiger partial charge >= 0.3 is 6.03 Å². The first-order valence-electron chi connectivity index (χ1n) is 7.76. The number of urea groups is 1. The van der Waals surface area contributed by atoms with Gasteiger partial charge in [-0.15, -0.1) is 0 Å². The van der Waals surface area contributed by atoms with E-state index in [2.05, 4.69) is 17.6 Å². The summed E-state index contributed by atoms with van der Waals surface area (Å²) in [5.74, 6) is 0.428. The Kier molecular flexibility index (Phi) is 6.81. The first kappa shape index (κ1) is 17.2. The Balaban J connectivity index is 1.94. The molecule has 0 bridgehead atoms. The van der Waals surface area contributed by atoms with Crippen molar-refractivity contribution in [2.75, 3.05) is 11.9 Å². The van der Waals surface area contributed by atoms with E-state index in [9.17, 15) is 9.00 Å². The van der Waals surface area contributed by atoms with Crippen LogP contribution in [0.4, 0.5) is 10.5 Å². The maximum atomic E-state index is 12.3. The summed E-state index contributed by atoms with van der Waals surface area (Å²) < 4.78 is 12.3. The van der Waals surface area contributed by atoms with Gasteiger partial charge in [0.05, 0.1) is 16.6 Å². The molecule has 0 heterocycles. The lowest BCUT2D eigenvalue weighted by atomic mass is 10.2. The number of amides is 2. The molecule has 5 heteroatoms. The number of hydrogen-bond donors (Lipinski definition) is 2. The minimum atomic E-state index is -1.09. The molecule has 0 aliphatic rings. The van der Waals surface area contributed by atoms with Crippen molar-refractivity contribution in [3.63, 3.8) is 0 Å². The van der Waals surface area contributed by atoms with Crippen molar-refractivity contribution < 1.29 is 9.00 Å². The summed E-state index contributed by atoms with van der Waals surface area (Å²) in [5, 5.41) is 5.61. The zero-order valence-corrected chi connectivity index (χ0v) is 14.1. The predicted molar refractivity (Wildman–Crippen MR) is 94.9 cm³/mol. The fraction of sp³-hybridized carbons (Fsp3) is 0.278. The average Bonchev–Trinajstić information content (AvgIpc) is 2.56. The van der Waals surface area contributed by atoms with Gasteiger partial charge in [-0.05, 0) is 36.2 Å². The maximum absolute atomic E-state index is 12.3. The van der Waals surface area contributed by atoms with E-state index in [1.54, 1.807) is 0 Å². The van der Waals surface area contributed by atoms with E-state index in [1.165, 1.54) is 0 Å². The lowest BCUT2D eigenvalue weighted by Crippen LogP contribution is -2.29. The molecule has 0 aliphatic heterocycles. The molecule has 0 fully saturated rings. The largest absolute Gasteiger partial charge is 0.338 e. The Morgan fingerprint density at radius 1 is 1.09 bits per heavy atom. The Morgan fingerprint density at radius 3 is 2.61 bits per heavy atom. The van der Waals surface area contributed by atoms with Gasteiger partial charge in [0.15, 0.2) is 0 Å². The zero-order valence-electron chi connectivity index (χ0n) is 13.2. The first-order valence-corrected chi connectivity index (χ1v) is 9.08. The molecule has 0 radical (unpaired) electrons. The van der Waals surface area contributed by atoms with Gasteiger partial charge in [-0.25, -0.2) is 4.79 Å². The van der Waals surface area contributed by atoms with Crippen LogP contribution in [0.15, 0.2) is 59.5 Å². The van der Waals surface area contributed by atoms with Crippen molar-refractivity contribution in [3.8, 4) is 0 Å². The van der Waals surface area contributed by atoms with Crippen molar-refractivity contribution >= 4 is 22.5 Å². The standard InChI is InChI=1S/C18H22N2O2S/c1-2-3-12-19-18(21)20-16-9-7-8-15(13-16)14-23(22)17-10-5-4-6-11-17/h4-11,13H,2-3,12,14H2,1H3,(H2,19,20,21)/t23-/m1/s1. The highest BCUT2D eigenvalue weighted by molar-refractivity contribution is 7.84. The second kappa shape index (κ2) is 9.10. The number of rotatable bonds is 7. The number of nitrogens with one attached hydrogen (secondary N) is 2. The number of hydrogen-bond acceptors (Lipinski definition) is 2. The molecule has 0 aliphatic carbocycles. The lowest BCUT2D eigenvalue weighted by molar-refractivity contribution is 0.252. The van der Waals surface area contributed by atoms with Gasteiger partial charge < -0.3 is 10.6 Å². The summed E-state index contributed by atoms with van der Waals surface area (Å²) in [6, 6.07) is 16.6. The lowest BCUT2D eigenvalue weighted by Gasteiger charge is -2.09. The van der Waals surface area contributed by atoms with Crippen LogP contribution in [0.5, 0.6) is 0 Å². The summed E-state index contributed by atoms with van der Waals surface area (Å²) in [4.78, 5) is 12.6. The highest BCUT2D eigenvalue weighted by Gasteiger charge is 2.06. The SMILES string of the molecule is CCCCNC(=O)Nc1cccc(C[S@@](=O)c2ccccc2)c1. The van der Waals surface area contributed by atoms with Crippen LogP contribution in [0.1, 0.15) is 25.3 Å². The predicted octanol–water partition coefficient (Wildman–Crippen LogP) is 3.92. The van der Waals surface area contributed by atoms with Crippen molar-refractivity contribution in [2.45, 2.75) is 30.4 Å². The molecule has 0 spiro atoms. The van der Waals surface area contributed by atoms with Gasteiger partial charge in [0.2, 0.25) is 0 Å². The smallest absolute Gasteiger partial charge is 0.319 e. The van der Waals surface area contributed by atoms with E-state index in [1.807, 2.05) is 54.6 Å². The van der Waals surface area contributed by atoms with Crippen molar-refractivity contribution in [2.24, 2.45) is 0 Å². The number of anilines is 1. The number of carbonyl (C=O) groups excluding carboxylic acids is 1. The van der Waals surface area contributed by atoms with E-state index >= 15 is 0 Å². The normalized spacial score (nSPS) is 11.7. The molecule has 23 heavy (non-hydrogen) atoms. The molecule has 4 nitrogen and oxygen atoms in total. The molecular weight excluding hydrogens is 308 g/mol. The van der Waals surface area contributed by atoms with E-state index in [0.29, 0.717) is 18.0 Å². The second-order valence-corrected chi connectivity index (χ2v) is 6.69. The minimum absolute atomic E-state index is 0.209. The zero-order chi connectivity index (χ0) is 16.5. The molecule has 0 unspecified atom stereocenters. The highest BCUT2D eigenvalue weighted by Crippen LogP contribution is 2.16. The third-order valence-corrected chi connectivity index (χ3v) is 4.70. The van der Waals surface area contributed by atoms with Crippen LogP contribution in [0, 0.1) is 0 Å². The Morgan fingerprint density at radius 2 is 1.87 bits per heavy atom. The molecule has 0 saturated heterocycles. The Labute approximate surface area is 139 Å².